The van der Waals surface area contributed by atoms with Crippen LogP contribution in [0.25, 0.3) is 0 Å². The quantitative estimate of drug-likeness (QED) is 0.698. The van der Waals surface area contributed by atoms with Gasteiger partial charge in [0.25, 0.3) is 0 Å². The first-order valence-corrected chi connectivity index (χ1v) is 4.99. The van der Waals surface area contributed by atoms with Crippen LogP contribution in [-0.4, -0.2) is 7.11 Å². The topological polar surface area (TPSA) is 9.23 Å². The minimum atomic E-state index is -0.190. The lowest BCUT2D eigenvalue weighted by Gasteiger charge is -2.11. The van der Waals surface area contributed by atoms with Crippen LogP contribution in [0.1, 0.15) is 39.2 Å². The van der Waals surface area contributed by atoms with Gasteiger partial charge in [-0.2, -0.15) is 0 Å². The monoisotopic (exact) mass is 198 g/mol. The molecule has 0 amide bonds. The van der Waals surface area contributed by atoms with E-state index in [1.165, 1.54) is 6.07 Å². The highest BCUT2D eigenvalue weighted by Crippen LogP contribution is 2.28. The van der Waals surface area contributed by atoms with Gasteiger partial charge in [-0.25, -0.2) is 4.39 Å². The van der Waals surface area contributed by atoms with Gasteiger partial charge in [-0.1, -0.05) is 33.8 Å². The molecule has 0 saturated heterocycles. The van der Waals surface area contributed by atoms with Crippen LogP contribution in [0.5, 0.6) is 5.75 Å². The summed E-state index contributed by atoms with van der Waals surface area (Å²) in [5, 5.41) is 0. The molecular weight excluding hydrogens is 179 g/mol. The molecule has 0 radical (unpaired) electrons. The van der Waals surface area contributed by atoms with Crippen LogP contribution < -0.4 is 4.74 Å². The van der Waals surface area contributed by atoms with E-state index >= 15 is 0 Å². The first-order valence-electron chi connectivity index (χ1n) is 4.99. The third kappa shape index (κ3) is 3.02. The van der Waals surface area contributed by atoms with Crippen LogP contribution >= 0.6 is 0 Å². The Labute approximate surface area is 85.9 Å². The molecule has 1 nitrogen and oxygen atoms in total. The summed E-state index contributed by atoms with van der Waals surface area (Å²) < 4.78 is 18.3. The molecule has 1 aromatic rings. The van der Waals surface area contributed by atoms with Crippen molar-refractivity contribution in [3.05, 3.63) is 29.6 Å². The minimum absolute atomic E-state index is 0.154. The Bertz CT molecular complexity index is 269. The van der Waals surface area contributed by atoms with E-state index < -0.39 is 0 Å². The average molecular weight is 198 g/mol. The van der Waals surface area contributed by atoms with Gasteiger partial charge >= 0.3 is 0 Å². The summed E-state index contributed by atoms with van der Waals surface area (Å²) >= 11 is 0. The van der Waals surface area contributed by atoms with Crippen molar-refractivity contribution >= 4 is 0 Å². The zero-order chi connectivity index (χ0) is 11.1. The second-order valence-electron chi connectivity index (χ2n) is 3.01. The van der Waals surface area contributed by atoms with E-state index in [1.807, 2.05) is 27.7 Å². The van der Waals surface area contributed by atoms with E-state index in [9.17, 15) is 4.39 Å². The van der Waals surface area contributed by atoms with Crippen molar-refractivity contribution in [2.45, 2.75) is 33.6 Å². The molecule has 0 spiro atoms. The zero-order valence-corrected chi connectivity index (χ0v) is 9.60. The number of methoxy groups -OCH3 is 1. The van der Waals surface area contributed by atoms with Gasteiger partial charge in [-0.15, -0.1) is 0 Å². The lowest BCUT2D eigenvalue weighted by Crippen LogP contribution is -1.97. The van der Waals surface area contributed by atoms with Crippen molar-refractivity contribution in [3.8, 4) is 5.75 Å². The second kappa shape index (κ2) is 6.41. The molecule has 1 rings (SSSR count). The summed E-state index contributed by atoms with van der Waals surface area (Å²) in [5.41, 5.74) is 0.653. The van der Waals surface area contributed by atoms with Gasteiger partial charge in [-0.3, -0.25) is 0 Å². The number of halogens is 1. The molecule has 0 aliphatic heterocycles. The van der Waals surface area contributed by atoms with E-state index in [0.717, 1.165) is 0 Å². The third-order valence-electron chi connectivity index (χ3n) is 1.81. The maximum absolute atomic E-state index is 13.2. The maximum atomic E-state index is 13.2. The van der Waals surface area contributed by atoms with Crippen LogP contribution in [0.3, 0.4) is 0 Å². The highest BCUT2D eigenvalue weighted by Gasteiger charge is 2.11. The Morgan fingerprint density at radius 2 is 1.79 bits per heavy atom. The summed E-state index contributed by atoms with van der Waals surface area (Å²) in [6.07, 6.45) is 0. The second-order valence-corrected chi connectivity index (χ2v) is 3.01. The number of benzene rings is 1. The van der Waals surface area contributed by atoms with Crippen LogP contribution in [0.4, 0.5) is 4.39 Å². The van der Waals surface area contributed by atoms with Crippen LogP contribution in [0.2, 0.25) is 0 Å². The number of hydrogen-bond donors (Lipinski definition) is 0. The Hall–Kier alpha value is -1.05. The largest absolute Gasteiger partial charge is 0.496 e. The van der Waals surface area contributed by atoms with E-state index in [1.54, 1.807) is 19.2 Å². The zero-order valence-electron chi connectivity index (χ0n) is 9.60. The number of rotatable bonds is 2. The first kappa shape index (κ1) is 12.9. The highest BCUT2D eigenvalue weighted by atomic mass is 19.1. The molecule has 14 heavy (non-hydrogen) atoms. The molecule has 0 aliphatic rings. The summed E-state index contributed by atoms with van der Waals surface area (Å²) in [6.45, 7) is 7.89. The Balaban J connectivity index is 0.000000791. The minimum Gasteiger partial charge on any atom is -0.496 e. The SMILES string of the molecule is CC.COc1cccc(F)c1C(C)C. The molecule has 0 unspecified atom stereocenters. The Morgan fingerprint density at radius 3 is 2.14 bits per heavy atom. The predicted molar refractivity (Wildman–Crippen MR) is 58.4 cm³/mol. The van der Waals surface area contributed by atoms with Crippen LogP contribution in [0.15, 0.2) is 18.2 Å². The Morgan fingerprint density at radius 1 is 1.21 bits per heavy atom. The Kier molecular flexibility index (Phi) is 5.93. The van der Waals surface area contributed by atoms with Gasteiger partial charge in [0.15, 0.2) is 0 Å². The van der Waals surface area contributed by atoms with Gasteiger partial charge < -0.3 is 4.74 Å². The summed E-state index contributed by atoms with van der Waals surface area (Å²) in [6, 6.07) is 4.89. The molecule has 1 aromatic carbocycles. The van der Waals surface area contributed by atoms with Crippen molar-refractivity contribution in [1.29, 1.82) is 0 Å². The third-order valence-corrected chi connectivity index (χ3v) is 1.81. The molecule has 80 valence electrons. The summed E-state index contributed by atoms with van der Waals surface area (Å²) in [7, 11) is 1.56. The standard InChI is InChI=1S/C10H13FO.C2H6/c1-7(2)10-8(11)5-4-6-9(10)12-3;1-2/h4-7H,1-3H3;1-2H3. The predicted octanol–water partition coefficient (Wildman–Crippen LogP) is 3.98. The fourth-order valence-corrected chi connectivity index (χ4v) is 1.26. The van der Waals surface area contributed by atoms with Gasteiger partial charge in [-0.05, 0) is 18.1 Å². The number of ether oxygens (including phenoxy) is 1. The van der Waals surface area contributed by atoms with E-state index in [-0.39, 0.29) is 11.7 Å². The van der Waals surface area contributed by atoms with Crippen molar-refractivity contribution in [1.82, 2.24) is 0 Å². The molecule has 0 atom stereocenters. The molecule has 2 heteroatoms. The van der Waals surface area contributed by atoms with E-state index in [2.05, 4.69) is 0 Å². The number of hydrogen-bond acceptors (Lipinski definition) is 1. The molecule has 0 aromatic heterocycles. The van der Waals surface area contributed by atoms with E-state index in [0.29, 0.717) is 11.3 Å². The van der Waals surface area contributed by atoms with Gasteiger partial charge in [0.1, 0.15) is 11.6 Å². The molecule has 0 aliphatic carbocycles. The molecule has 0 saturated carbocycles. The van der Waals surface area contributed by atoms with Crippen molar-refractivity contribution < 1.29 is 9.13 Å². The normalized spacial score (nSPS) is 9.36. The van der Waals surface area contributed by atoms with Crippen molar-refractivity contribution in [3.63, 3.8) is 0 Å². The fourth-order valence-electron chi connectivity index (χ4n) is 1.26. The first-order chi connectivity index (χ1) is 6.66. The summed E-state index contributed by atoms with van der Waals surface area (Å²) in [4.78, 5) is 0. The molecular formula is C12H19FO. The lowest BCUT2D eigenvalue weighted by atomic mass is 10.0. The van der Waals surface area contributed by atoms with Gasteiger partial charge in [0.05, 0.1) is 7.11 Å². The van der Waals surface area contributed by atoms with Crippen LogP contribution in [0, 0.1) is 5.82 Å². The molecule has 0 bridgehead atoms. The molecule has 0 fully saturated rings. The molecule has 0 heterocycles. The van der Waals surface area contributed by atoms with E-state index in [4.69, 9.17) is 4.74 Å². The smallest absolute Gasteiger partial charge is 0.130 e. The summed E-state index contributed by atoms with van der Waals surface area (Å²) in [5.74, 6) is 0.593. The van der Waals surface area contributed by atoms with Crippen LogP contribution in [-0.2, 0) is 0 Å². The lowest BCUT2D eigenvalue weighted by molar-refractivity contribution is 0.401. The average Bonchev–Trinajstić information content (AvgIpc) is 2.19. The fraction of sp³-hybridized carbons (Fsp3) is 0.500. The van der Waals surface area contributed by atoms with Gasteiger partial charge in [0, 0.05) is 5.56 Å². The molecule has 0 N–H and O–H groups in total. The van der Waals surface area contributed by atoms with Crippen molar-refractivity contribution in [2.75, 3.05) is 7.11 Å². The highest BCUT2D eigenvalue weighted by molar-refractivity contribution is 5.36. The van der Waals surface area contributed by atoms with Crippen molar-refractivity contribution in [2.24, 2.45) is 0 Å². The maximum Gasteiger partial charge on any atom is 0.130 e. The van der Waals surface area contributed by atoms with Gasteiger partial charge in [0.2, 0.25) is 0 Å².